The van der Waals surface area contributed by atoms with Crippen LogP contribution in [0, 0.1) is 5.82 Å². The third-order valence-electron chi connectivity index (χ3n) is 2.81. The molecule has 0 saturated heterocycles. The summed E-state index contributed by atoms with van der Waals surface area (Å²) in [4.78, 5) is 0. The quantitative estimate of drug-likeness (QED) is 0.896. The van der Waals surface area contributed by atoms with E-state index in [1.165, 1.54) is 6.07 Å². The highest BCUT2D eigenvalue weighted by Crippen LogP contribution is 2.22. The number of hydrogen-bond acceptors (Lipinski definition) is 2. The summed E-state index contributed by atoms with van der Waals surface area (Å²) >= 11 is 3.35. The van der Waals surface area contributed by atoms with E-state index in [9.17, 15) is 4.39 Å². The largest absolute Gasteiger partial charge is 0.377 e. The molecule has 1 aromatic carbocycles. The van der Waals surface area contributed by atoms with E-state index in [4.69, 9.17) is 4.74 Å². The first-order valence-corrected chi connectivity index (χ1v) is 6.38. The van der Waals surface area contributed by atoms with Gasteiger partial charge in [-0.25, -0.2) is 4.39 Å². The van der Waals surface area contributed by atoms with Crippen molar-refractivity contribution >= 4 is 15.9 Å². The van der Waals surface area contributed by atoms with Gasteiger partial charge >= 0.3 is 0 Å². The van der Waals surface area contributed by atoms with Gasteiger partial charge < -0.3 is 10.1 Å². The van der Waals surface area contributed by atoms with Crippen LogP contribution in [0.1, 0.15) is 32.4 Å². The maximum Gasteiger partial charge on any atom is 0.128 e. The van der Waals surface area contributed by atoms with Crippen molar-refractivity contribution in [2.24, 2.45) is 0 Å². The molecule has 0 aromatic heterocycles. The highest BCUT2D eigenvalue weighted by atomic mass is 79.9. The zero-order valence-corrected chi connectivity index (χ0v) is 12.3. The molecule has 0 fully saturated rings. The van der Waals surface area contributed by atoms with E-state index >= 15 is 0 Å². The van der Waals surface area contributed by atoms with Gasteiger partial charge in [0.15, 0.2) is 0 Å². The molecule has 0 saturated carbocycles. The molecule has 0 heterocycles. The van der Waals surface area contributed by atoms with Crippen molar-refractivity contribution in [2.45, 2.75) is 32.4 Å². The van der Waals surface area contributed by atoms with E-state index in [2.05, 4.69) is 21.2 Å². The minimum Gasteiger partial charge on any atom is -0.377 e. The molecule has 1 aromatic rings. The fourth-order valence-electron chi connectivity index (χ4n) is 1.43. The summed E-state index contributed by atoms with van der Waals surface area (Å²) in [5.74, 6) is -0.191. The number of hydrogen-bond donors (Lipinski definition) is 1. The van der Waals surface area contributed by atoms with Gasteiger partial charge in [0.2, 0.25) is 0 Å². The zero-order valence-electron chi connectivity index (χ0n) is 10.7. The first-order chi connectivity index (χ1) is 7.85. The van der Waals surface area contributed by atoms with Gasteiger partial charge in [0, 0.05) is 29.7 Å². The van der Waals surface area contributed by atoms with Crippen molar-refractivity contribution < 1.29 is 9.13 Å². The Morgan fingerprint density at radius 3 is 2.71 bits per heavy atom. The molecule has 0 aliphatic rings. The van der Waals surface area contributed by atoms with Crippen LogP contribution in [0.5, 0.6) is 0 Å². The zero-order chi connectivity index (χ0) is 13.1. The molecular weight excluding hydrogens is 285 g/mol. The Balaban J connectivity index is 2.70. The highest BCUT2D eigenvalue weighted by Gasteiger charge is 2.18. The third-order valence-corrected chi connectivity index (χ3v) is 3.30. The molecule has 1 unspecified atom stereocenters. The Labute approximate surface area is 111 Å². The first kappa shape index (κ1) is 14.6. The Hall–Kier alpha value is -0.450. The molecule has 96 valence electrons. The van der Waals surface area contributed by atoms with E-state index in [1.807, 2.05) is 20.8 Å². The predicted octanol–water partition coefficient (Wildman–Crippen LogP) is 3.66. The summed E-state index contributed by atoms with van der Waals surface area (Å²) in [6, 6.07) is 4.91. The standard InChI is InChI=1S/C13H19BrFNO/c1-9(16-8-13(2,3)17-4)11-7-10(14)5-6-12(11)15/h5-7,9,16H,8H2,1-4H3. The van der Waals surface area contributed by atoms with Crippen molar-refractivity contribution in [1.29, 1.82) is 0 Å². The van der Waals surface area contributed by atoms with Crippen LogP contribution in [0.15, 0.2) is 22.7 Å². The van der Waals surface area contributed by atoms with Gasteiger partial charge in [-0.15, -0.1) is 0 Å². The second-order valence-corrected chi connectivity index (χ2v) is 5.65. The smallest absolute Gasteiger partial charge is 0.128 e. The summed E-state index contributed by atoms with van der Waals surface area (Å²) in [6.07, 6.45) is 0. The Morgan fingerprint density at radius 1 is 1.47 bits per heavy atom. The molecule has 4 heteroatoms. The third kappa shape index (κ3) is 4.37. The fraction of sp³-hybridized carbons (Fsp3) is 0.538. The molecule has 0 spiro atoms. The van der Waals surface area contributed by atoms with Gasteiger partial charge in [-0.1, -0.05) is 15.9 Å². The van der Waals surface area contributed by atoms with Crippen LogP contribution in [-0.4, -0.2) is 19.3 Å². The van der Waals surface area contributed by atoms with Crippen LogP contribution in [0.2, 0.25) is 0 Å². The van der Waals surface area contributed by atoms with Crippen LogP contribution in [0.3, 0.4) is 0 Å². The van der Waals surface area contributed by atoms with Gasteiger partial charge in [0.05, 0.1) is 5.60 Å². The summed E-state index contributed by atoms with van der Waals surface area (Å²) in [5, 5.41) is 3.27. The van der Waals surface area contributed by atoms with E-state index in [0.717, 1.165) is 4.47 Å². The van der Waals surface area contributed by atoms with Gasteiger partial charge in [-0.3, -0.25) is 0 Å². The number of methoxy groups -OCH3 is 1. The number of ether oxygens (including phenoxy) is 1. The van der Waals surface area contributed by atoms with E-state index < -0.39 is 0 Å². The molecule has 0 radical (unpaired) electrons. The molecule has 0 aliphatic carbocycles. The first-order valence-electron chi connectivity index (χ1n) is 5.59. The molecule has 0 aliphatic heterocycles. The normalized spacial score (nSPS) is 13.8. The second kappa shape index (κ2) is 5.94. The van der Waals surface area contributed by atoms with Crippen LogP contribution in [0.25, 0.3) is 0 Å². The Kier molecular flexibility index (Phi) is 5.10. The van der Waals surface area contributed by atoms with Gasteiger partial charge in [-0.05, 0) is 39.0 Å². The Bertz CT molecular complexity index is 382. The lowest BCUT2D eigenvalue weighted by atomic mass is 10.1. The molecule has 1 rings (SSSR count). The maximum atomic E-state index is 13.6. The second-order valence-electron chi connectivity index (χ2n) is 4.73. The average molecular weight is 304 g/mol. The monoisotopic (exact) mass is 303 g/mol. The minimum atomic E-state index is -0.253. The van der Waals surface area contributed by atoms with Crippen molar-refractivity contribution in [3.63, 3.8) is 0 Å². The van der Waals surface area contributed by atoms with Crippen LogP contribution in [0.4, 0.5) is 4.39 Å². The van der Waals surface area contributed by atoms with E-state index in [1.54, 1.807) is 19.2 Å². The van der Waals surface area contributed by atoms with Crippen molar-refractivity contribution in [1.82, 2.24) is 5.32 Å². The highest BCUT2D eigenvalue weighted by molar-refractivity contribution is 9.10. The topological polar surface area (TPSA) is 21.3 Å². The average Bonchev–Trinajstić information content (AvgIpc) is 2.29. The fourth-order valence-corrected chi connectivity index (χ4v) is 1.81. The number of benzene rings is 1. The van der Waals surface area contributed by atoms with Crippen molar-refractivity contribution in [2.75, 3.05) is 13.7 Å². The lowest BCUT2D eigenvalue weighted by molar-refractivity contribution is 0.0213. The van der Waals surface area contributed by atoms with Gasteiger partial charge in [0.1, 0.15) is 5.82 Å². The summed E-state index contributed by atoms with van der Waals surface area (Å²) in [5.41, 5.74) is 0.405. The molecular formula is C13H19BrFNO. The number of rotatable bonds is 5. The summed E-state index contributed by atoms with van der Waals surface area (Å²) < 4.78 is 19.8. The number of halogens is 2. The molecule has 17 heavy (non-hydrogen) atoms. The molecule has 1 atom stereocenters. The molecule has 0 amide bonds. The minimum absolute atomic E-state index is 0.0538. The molecule has 2 nitrogen and oxygen atoms in total. The van der Waals surface area contributed by atoms with E-state index in [0.29, 0.717) is 12.1 Å². The van der Waals surface area contributed by atoms with E-state index in [-0.39, 0.29) is 17.5 Å². The molecule has 1 N–H and O–H groups in total. The lowest BCUT2D eigenvalue weighted by Crippen LogP contribution is -2.38. The van der Waals surface area contributed by atoms with Crippen molar-refractivity contribution in [3.05, 3.63) is 34.1 Å². The summed E-state index contributed by atoms with van der Waals surface area (Å²) in [6.45, 7) is 6.58. The summed E-state index contributed by atoms with van der Waals surface area (Å²) in [7, 11) is 1.67. The predicted molar refractivity (Wildman–Crippen MR) is 71.6 cm³/mol. The number of nitrogens with one attached hydrogen (secondary N) is 1. The maximum absolute atomic E-state index is 13.6. The Morgan fingerprint density at radius 2 is 2.12 bits per heavy atom. The van der Waals surface area contributed by atoms with Gasteiger partial charge in [0.25, 0.3) is 0 Å². The van der Waals surface area contributed by atoms with Crippen molar-refractivity contribution in [3.8, 4) is 0 Å². The van der Waals surface area contributed by atoms with Crippen LogP contribution >= 0.6 is 15.9 Å². The van der Waals surface area contributed by atoms with Gasteiger partial charge in [-0.2, -0.15) is 0 Å². The van der Waals surface area contributed by atoms with Crippen LogP contribution < -0.4 is 5.32 Å². The van der Waals surface area contributed by atoms with Crippen LogP contribution in [-0.2, 0) is 4.74 Å². The molecule has 0 bridgehead atoms. The lowest BCUT2D eigenvalue weighted by Gasteiger charge is -2.26. The SMILES string of the molecule is COC(C)(C)CNC(C)c1cc(Br)ccc1F.